The first-order valence-corrected chi connectivity index (χ1v) is 7.30. The summed E-state index contributed by atoms with van der Waals surface area (Å²) in [6.45, 7) is 0.322. The summed E-state index contributed by atoms with van der Waals surface area (Å²) < 4.78 is 5.56. The molecule has 0 atom stereocenters. The Morgan fingerprint density at radius 3 is 2.65 bits per heavy atom. The highest BCUT2D eigenvalue weighted by molar-refractivity contribution is 9.10. The Bertz CT molecular complexity index is 678. The second-order valence-electron chi connectivity index (χ2n) is 5.06. The molecule has 20 heavy (non-hydrogen) atoms. The van der Waals surface area contributed by atoms with E-state index in [1.54, 1.807) is 7.11 Å². The van der Waals surface area contributed by atoms with Gasteiger partial charge in [0.15, 0.2) is 0 Å². The van der Waals surface area contributed by atoms with E-state index in [0.717, 1.165) is 18.7 Å². The fraction of sp³-hybridized carbons (Fsp3) is 0.333. The fourth-order valence-corrected chi connectivity index (χ4v) is 2.81. The van der Waals surface area contributed by atoms with Crippen LogP contribution in [-0.2, 0) is 16.8 Å². The topological polar surface area (TPSA) is 55.0 Å². The standard InChI is InChI=1S/C15H15BrN2O2/c1-20-9-11-12(16)13(19)18-14(17-11)15(7-8-15)10-5-3-2-4-6-10/h2-6H,7-9H2,1H3,(H,17,18,19). The Labute approximate surface area is 125 Å². The lowest BCUT2D eigenvalue weighted by Gasteiger charge is -2.16. The summed E-state index contributed by atoms with van der Waals surface area (Å²) in [6, 6.07) is 10.2. The predicted molar refractivity (Wildman–Crippen MR) is 79.7 cm³/mol. The van der Waals surface area contributed by atoms with Crippen LogP contribution in [0, 0.1) is 0 Å². The lowest BCUT2D eigenvalue weighted by atomic mass is 9.95. The van der Waals surface area contributed by atoms with Crippen LogP contribution < -0.4 is 5.56 Å². The average molecular weight is 335 g/mol. The number of H-pyrrole nitrogens is 1. The number of rotatable bonds is 4. The third-order valence-corrected chi connectivity index (χ3v) is 4.56. The van der Waals surface area contributed by atoms with Gasteiger partial charge in [0, 0.05) is 7.11 Å². The molecule has 1 N–H and O–H groups in total. The fourth-order valence-electron chi connectivity index (χ4n) is 2.51. The van der Waals surface area contributed by atoms with Crippen LogP contribution in [0.4, 0.5) is 0 Å². The van der Waals surface area contributed by atoms with Crippen molar-refractivity contribution >= 4 is 15.9 Å². The van der Waals surface area contributed by atoms with Crippen LogP contribution in [0.25, 0.3) is 0 Å². The summed E-state index contributed by atoms with van der Waals surface area (Å²) >= 11 is 3.27. The van der Waals surface area contributed by atoms with Crippen LogP contribution in [-0.4, -0.2) is 17.1 Å². The van der Waals surface area contributed by atoms with Gasteiger partial charge in [-0.15, -0.1) is 0 Å². The van der Waals surface area contributed by atoms with Crippen LogP contribution >= 0.6 is 15.9 Å². The quantitative estimate of drug-likeness (QED) is 0.935. The summed E-state index contributed by atoms with van der Waals surface area (Å²) in [4.78, 5) is 19.6. The van der Waals surface area contributed by atoms with E-state index >= 15 is 0 Å². The summed E-state index contributed by atoms with van der Waals surface area (Å²) in [6.07, 6.45) is 2.02. The first-order chi connectivity index (χ1) is 9.67. The molecule has 1 aromatic carbocycles. The van der Waals surface area contributed by atoms with Crippen molar-refractivity contribution in [1.82, 2.24) is 9.97 Å². The Balaban J connectivity index is 2.09. The third kappa shape index (κ3) is 2.21. The van der Waals surface area contributed by atoms with Gasteiger partial charge in [-0.1, -0.05) is 30.3 Å². The maximum Gasteiger partial charge on any atom is 0.265 e. The van der Waals surface area contributed by atoms with Gasteiger partial charge in [0.1, 0.15) is 10.3 Å². The van der Waals surface area contributed by atoms with E-state index in [1.165, 1.54) is 5.56 Å². The van der Waals surface area contributed by atoms with Crippen LogP contribution in [0.2, 0.25) is 0 Å². The largest absolute Gasteiger partial charge is 0.378 e. The number of hydrogen-bond donors (Lipinski definition) is 1. The second-order valence-corrected chi connectivity index (χ2v) is 5.85. The number of methoxy groups -OCH3 is 1. The van der Waals surface area contributed by atoms with Gasteiger partial charge in [0.2, 0.25) is 0 Å². The minimum atomic E-state index is -0.149. The van der Waals surface area contributed by atoms with Crippen molar-refractivity contribution in [2.24, 2.45) is 0 Å². The number of nitrogens with zero attached hydrogens (tertiary/aromatic N) is 1. The van der Waals surface area contributed by atoms with Crippen molar-refractivity contribution in [2.75, 3.05) is 7.11 Å². The highest BCUT2D eigenvalue weighted by Crippen LogP contribution is 2.51. The van der Waals surface area contributed by atoms with Crippen molar-refractivity contribution in [2.45, 2.75) is 24.9 Å². The molecular formula is C15H15BrN2O2. The lowest BCUT2D eigenvalue weighted by molar-refractivity contribution is 0.180. The highest BCUT2D eigenvalue weighted by Gasteiger charge is 2.48. The molecule has 2 aromatic rings. The van der Waals surface area contributed by atoms with Crippen molar-refractivity contribution in [3.8, 4) is 0 Å². The molecule has 1 aliphatic carbocycles. The van der Waals surface area contributed by atoms with Crippen molar-refractivity contribution < 1.29 is 4.74 Å². The van der Waals surface area contributed by atoms with Crippen LogP contribution in [0.5, 0.6) is 0 Å². The number of aromatic amines is 1. The molecular weight excluding hydrogens is 320 g/mol. The van der Waals surface area contributed by atoms with Crippen LogP contribution in [0.1, 0.15) is 29.9 Å². The molecule has 1 aromatic heterocycles. The molecule has 1 saturated carbocycles. The van der Waals surface area contributed by atoms with E-state index in [1.807, 2.05) is 18.2 Å². The molecule has 0 spiro atoms. The summed E-state index contributed by atoms with van der Waals surface area (Å²) in [5.74, 6) is 0.740. The van der Waals surface area contributed by atoms with E-state index in [0.29, 0.717) is 16.8 Å². The summed E-state index contributed by atoms with van der Waals surface area (Å²) in [5.41, 5.74) is 1.57. The molecule has 1 fully saturated rings. The number of ether oxygens (including phenoxy) is 1. The van der Waals surface area contributed by atoms with Gasteiger partial charge >= 0.3 is 0 Å². The second kappa shape index (κ2) is 5.14. The number of aromatic nitrogens is 2. The van der Waals surface area contributed by atoms with E-state index < -0.39 is 0 Å². The number of halogens is 1. The van der Waals surface area contributed by atoms with E-state index in [2.05, 4.69) is 38.0 Å². The maximum atomic E-state index is 12.0. The number of benzene rings is 1. The van der Waals surface area contributed by atoms with Gasteiger partial charge in [-0.05, 0) is 34.3 Å². The molecule has 0 saturated heterocycles. The minimum absolute atomic E-state index is 0.135. The zero-order valence-electron chi connectivity index (χ0n) is 11.1. The summed E-state index contributed by atoms with van der Waals surface area (Å²) in [7, 11) is 1.60. The molecule has 1 aliphatic rings. The van der Waals surface area contributed by atoms with E-state index in [9.17, 15) is 4.79 Å². The maximum absolute atomic E-state index is 12.0. The molecule has 1 heterocycles. The normalized spacial score (nSPS) is 16.1. The monoisotopic (exact) mass is 334 g/mol. The van der Waals surface area contributed by atoms with Crippen LogP contribution in [0.15, 0.2) is 39.6 Å². The SMILES string of the molecule is COCc1nc(C2(c3ccccc3)CC2)[nH]c(=O)c1Br. The smallest absolute Gasteiger partial charge is 0.265 e. The van der Waals surface area contributed by atoms with Gasteiger partial charge in [0.05, 0.1) is 17.7 Å². The molecule has 0 bridgehead atoms. The molecule has 4 nitrogen and oxygen atoms in total. The lowest BCUT2D eigenvalue weighted by Crippen LogP contribution is -2.22. The van der Waals surface area contributed by atoms with E-state index in [4.69, 9.17) is 4.74 Å². The first kappa shape index (κ1) is 13.5. The van der Waals surface area contributed by atoms with Crippen molar-refractivity contribution in [3.63, 3.8) is 0 Å². The Morgan fingerprint density at radius 2 is 2.05 bits per heavy atom. The molecule has 5 heteroatoms. The predicted octanol–water partition coefficient (Wildman–Crippen LogP) is 2.76. The molecule has 104 valence electrons. The Hall–Kier alpha value is -1.46. The summed E-state index contributed by atoms with van der Waals surface area (Å²) in [5, 5.41) is 0. The van der Waals surface area contributed by atoms with Gasteiger partial charge in [0.25, 0.3) is 5.56 Å². The molecule has 3 rings (SSSR count). The van der Waals surface area contributed by atoms with Crippen LogP contribution in [0.3, 0.4) is 0 Å². The molecule has 0 radical (unpaired) electrons. The van der Waals surface area contributed by atoms with Gasteiger partial charge in [-0.25, -0.2) is 4.98 Å². The zero-order valence-corrected chi connectivity index (χ0v) is 12.7. The molecule has 0 aliphatic heterocycles. The van der Waals surface area contributed by atoms with Crippen molar-refractivity contribution in [1.29, 1.82) is 0 Å². The van der Waals surface area contributed by atoms with Gasteiger partial charge in [-0.3, -0.25) is 4.79 Å². The van der Waals surface area contributed by atoms with Gasteiger partial charge < -0.3 is 9.72 Å². The number of nitrogens with one attached hydrogen (secondary N) is 1. The Kier molecular flexibility index (Phi) is 3.48. The third-order valence-electron chi connectivity index (χ3n) is 3.74. The van der Waals surface area contributed by atoms with Gasteiger partial charge in [-0.2, -0.15) is 0 Å². The minimum Gasteiger partial charge on any atom is -0.378 e. The first-order valence-electron chi connectivity index (χ1n) is 6.51. The average Bonchev–Trinajstić information content (AvgIpc) is 3.26. The van der Waals surface area contributed by atoms with Crippen molar-refractivity contribution in [3.05, 3.63) is 62.2 Å². The zero-order chi connectivity index (χ0) is 14.2. The van der Waals surface area contributed by atoms with E-state index in [-0.39, 0.29) is 11.0 Å². The Morgan fingerprint density at radius 1 is 1.35 bits per heavy atom. The molecule has 0 unspecified atom stereocenters. The molecule has 0 amide bonds. The number of hydrogen-bond acceptors (Lipinski definition) is 3. The highest BCUT2D eigenvalue weighted by atomic mass is 79.9.